The lowest BCUT2D eigenvalue weighted by atomic mass is 10.1. The van der Waals surface area contributed by atoms with Gasteiger partial charge in [-0.1, -0.05) is 6.42 Å². The number of hydrogen-bond donors (Lipinski definition) is 3. The van der Waals surface area contributed by atoms with Crippen LogP contribution >= 0.6 is 0 Å². The largest absolute Gasteiger partial charge is 0.396 e. The van der Waals surface area contributed by atoms with Gasteiger partial charge in [-0.3, -0.25) is 0 Å². The first-order valence-corrected chi connectivity index (χ1v) is 3.87. The summed E-state index contributed by atoms with van der Waals surface area (Å²) < 4.78 is 0. The zero-order valence-corrected chi connectivity index (χ0v) is 6.42. The van der Waals surface area contributed by atoms with Crippen molar-refractivity contribution in [3.63, 3.8) is 0 Å². The smallest absolute Gasteiger partial charge is 0.0445 e. The van der Waals surface area contributed by atoms with E-state index in [0.29, 0.717) is 6.42 Å². The number of aliphatic hydroxyl groups excluding tert-OH is 1. The van der Waals surface area contributed by atoms with Gasteiger partial charge in [0.1, 0.15) is 0 Å². The van der Waals surface area contributed by atoms with Gasteiger partial charge in [-0.15, -0.1) is 0 Å². The molecule has 1 atom stereocenters. The minimum Gasteiger partial charge on any atom is -0.396 e. The van der Waals surface area contributed by atoms with Crippen LogP contribution in [0.15, 0.2) is 0 Å². The highest BCUT2D eigenvalue weighted by Crippen LogP contribution is 2.00. The van der Waals surface area contributed by atoms with Crippen molar-refractivity contribution in [2.75, 3.05) is 13.2 Å². The molecule has 0 spiro atoms. The van der Waals surface area contributed by atoms with E-state index in [-0.39, 0.29) is 12.6 Å². The molecule has 1 unspecified atom stereocenters. The first-order chi connectivity index (χ1) is 4.81. The van der Waals surface area contributed by atoms with Gasteiger partial charge < -0.3 is 16.6 Å². The van der Waals surface area contributed by atoms with Crippen molar-refractivity contribution >= 4 is 0 Å². The predicted octanol–water partition coefficient (Wildman–Crippen LogP) is -0.175. The molecular weight excluding hydrogens is 128 g/mol. The third-order valence-electron chi connectivity index (χ3n) is 1.53. The molecule has 0 aromatic carbocycles. The van der Waals surface area contributed by atoms with Crippen molar-refractivity contribution in [1.29, 1.82) is 0 Å². The van der Waals surface area contributed by atoms with E-state index in [9.17, 15) is 0 Å². The normalized spacial score (nSPS) is 13.5. The van der Waals surface area contributed by atoms with Crippen LogP contribution < -0.4 is 11.5 Å². The quantitative estimate of drug-likeness (QED) is 0.455. The Bertz CT molecular complexity index is 68.6. The third-order valence-corrected chi connectivity index (χ3v) is 1.53. The van der Waals surface area contributed by atoms with Crippen molar-refractivity contribution < 1.29 is 5.11 Å². The molecule has 0 aliphatic heterocycles. The SMILES string of the molecule is NCCCCC(N)CCO. The highest BCUT2D eigenvalue weighted by molar-refractivity contribution is 4.59. The summed E-state index contributed by atoms with van der Waals surface area (Å²) in [5.74, 6) is 0. The average molecular weight is 146 g/mol. The first-order valence-electron chi connectivity index (χ1n) is 3.87. The van der Waals surface area contributed by atoms with Gasteiger partial charge in [0.25, 0.3) is 0 Å². The van der Waals surface area contributed by atoms with Crippen molar-refractivity contribution in [3.05, 3.63) is 0 Å². The van der Waals surface area contributed by atoms with Gasteiger partial charge in [-0.25, -0.2) is 0 Å². The van der Waals surface area contributed by atoms with Crippen LogP contribution in [0, 0.1) is 0 Å². The maximum atomic E-state index is 8.49. The number of nitrogens with two attached hydrogens (primary N) is 2. The molecule has 0 rings (SSSR count). The van der Waals surface area contributed by atoms with Crippen molar-refractivity contribution in [2.45, 2.75) is 31.7 Å². The Morgan fingerprint density at radius 3 is 2.40 bits per heavy atom. The van der Waals surface area contributed by atoms with Gasteiger partial charge in [0, 0.05) is 12.6 Å². The van der Waals surface area contributed by atoms with Crippen molar-refractivity contribution in [3.8, 4) is 0 Å². The van der Waals surface area contributed by atoms with Crippen molar-refractivity contribution in [2.24, 2.45) is 11.5 Å². The summed E-state index contributed by atoms with van der Waals surface area (Å²) in [6, 6.07) is 0.163. The van der Waals surface area contributed by atoms with Gasteiger partial charge in [0.05, 0.1) is 0 Å². The molecule has 3 nitrogen and oxygen atoms in total. The molecule has 0 heterocycles. The zero-order valence-electron chi connectivity index (χ0n) is 6.42. The molecular formula is C7H18N2O. The second kappa shape index (κ2) is 6.99. The molecule has 0 saturated carbocycles. The Morgan fingerprint density at radius 1 is 1.20 bits per heavy atom. The molecule has 0 bridgehead atoms. The lowest BCUT2D eigenvalue weighted by Crippen LogP contribution is -2.21. The molecule has 62 valence electrons. The Balaban J connectivity index is 2.97. The lowest BCUT2D eigenvalue weighted by molar-refractivity contribution is 0.272. The summed E-state index contributed by atoms with van der Waals surface area (Å²) in [5.41, 5.74) is 10.9. The third kappa shape index (κ3) is 6.01. The van der Waals surface area contributed by atoms with E-state index in [1.54, 1.807) is 0 Å². The second-order valence-corrected chi connectivity index (χ2v) is 2.56. The van der Waals surface area contributed by atoms with Gasteiger partial charge in [0.15, 0.2) is 0 Å². The monoisotopic (exact) mass is 146 g/mol. The van der Waals surface area contributed by atoms with E-state index in [4.69, 9.17) is 16.6 Å². The van der Waals surface area contributed by atoms with E-state index >= 15 is 0 Å². The van der Waals surface area contributed by atoms with Crippen molar-refractivity contribution in [1.82, 2.24) is 0 Å². The topological polar surface area (TPSA) is 72.3 Å². The van der Waals surface area contributed by atoms with Crippen LogP contribution in [0.5, 0.6) is 0 Å². The number of hydrogen-bond acceptors (Lipinski definition) is 3. The molecule has 0 aromatic heterocycles. The fourth-order valence-corrected chi connectivity index (χ4v) is 0.861. The minimum absolute atomic E-state index is 0.163. The highest BCUT2D eigenvalue weighted by Gasteiger charge is 1.99. The zero-order chi connectivity index (χ0) is 7.82. The van der Waals surface area contributed by atoms with E-state index in [1.807, 2.05) is 0 Å². The van der Waals surface area contributed by atoms with Gasteiger partial charge in [-0.05, 0) is 25.8 Å². The highest BCUT2D eigenvalue weighted by atomic mass is 16.3. The van der Waals surface area contributed by atoms with E-state index in [0.717, 1.165) is 25.8 Å². The Kier molecular flexibility index (Phi) is 6.91. The average Bonchev–Trinajstić information content (AvgIpc) is 1.89. The Hall–Kier alpha value is -0.120. The van der Waals surface area contributed by atoms with Gasteiger partial charge in [0.2, 0.25) is 0 Å². The molecule has 0 radical (unpaired) electrons. The maximum Gasteiger partial charge on any atom is 0.0445 e. The molecule has 0 aromatic rings. The van der Waals surface area contributed by atoms with Crippen LogP contribution in [0.4, 0.5) is 0 Å². The fraction of sp³-hybridized carbons (Fsp3) is 1.00. The fourth-order valence-electron chi connectivity index (χ4n) is 0.861. The molecule has 0 fully saturated rings. The molecule has 0 saturated heterocycles. The number of aliphatic hydroxyl groups is 1. The van der Waals surface area contributed by atoms with Gasteiger partial charge >= 0.3 is 0 Å². The van der Waals surface area contributed by atoms with E-state index in [1.165, 1.54) is 0 Å². The lowest BCUT2D eigenvalue weighted by Gasteiger charge is -2.07. The second-order valence-electron chi connectivity index (χ2n) is 2.56. The summed E-state index contributed by atoms with van der Waals surface area (Å²) in [5, 5.41) is 8.49. The predicted molar refractivity (Wildman–Crippen MR) is 42.6 cm³/mol. The minimum atomic E-state index is 0.163. The van der Waals surface area contributed by atoms with E-state index in [2.05, 4.69) is 0 Å². The molecule has 3 heteroatoms. The Labute approximate surface area is 62.4 Å². The van der Waals surface area contributed by atoms with E-state index < -0.39 is 0 Å². The molecule has 0 amide bonds. The standard InChI is InChI=1S/C7H18N2O/c8-5-2-1-3-7(9)4-6-10/h7,10H,1-6,8-9H2. The van der Waals surface area contributed by atoms with Crippen LogP contribution in [-0.4, -0.2) is 24.3 Å². The van der Waals surface area contributed by atoms with Crippen LogP contribution in [-0.2, 0) is 0 Å². The number of rotatable bonds is 6. The van der Waals surface area contributed by atoms with Crippen LogP contribution in [0.2, 0.25) is 0 Å². The van der Waals surface area contributed by atoms with Crippen LogP contribution in [0.3, 0.4) is 0 Å². The summed E-state index contributed by atoms with van der Waals surface area (Å²) in [6.45, 7) is 0.940. The summed E-state index contributed by atoms with van der Waals surface area (Å²) in [6.07, 6.45) is 3.82. The molecule has 5 N–H and O–H groups in total. The molecule has 0 aliphatic carbocycles. The molecule has 0 aliphatic rings. The first kappa shape index (κ1) is 9.88. The van der Waals surface area contributed by atoms with Gasteiger partial charge in [-0.2, -0.15) is 0 Å². The number of unbranched alkanes of at least 4 members (excludes halogenated alkanes) is 1. The maximum absolute atomic E-state index is 8.49. The van der Waals surface area contributed by atoms with Crippen LogP contribution in [0.1, 0.15) is 25.7 Å². The summed E-state index contributed by atoms with van der Waals surface area (Å²) in [4.78, 5) is 0. The summed E-state index contributed by atoms with van der Waals surface area (Å²) in [7, 11) is 0. The Morgan fingerprint density at radius 2 is 1.90 bits per heavy atom. The van der Waals surface area contributed by atoms with Crippen LogP contribution in [0.25, 0.3) is 0 Å². The molecule has 10 heavy (non-hydrogen) atoms. The summed E-state index contributed by atoms with van der Waals surface area (Å²) >= 11 is 0.